The third-order valence-electron chi connectivity index (χ3n) is 4.56. The Bertz CT molecular complexity index is 521. The van der Waals surface area contributed by atoms with Gasteiger partial charge in [-0.3, -0.25) is 4.89 Å². The average Bonchev–Trinajstić information content (AvgIpc) is 2.44. The molecule has 0 bridgehead atoms. The van der Waals surface area contributed by atoms with Crippen molar-refractivity contribution >= 4 is 5.97 Å². The molecule has 1 aromatic carbocycles. The Hall–Kier alpha value is -1.35. The first-order valence-corrected chi connectivity index (χ1v) is 8.20. The van der Waals surface area contributed by atoms with Crippen LogP contribution in [0.25, 0.3) is 0 Å². The molecule has 2 unspecified atom stereocenters. The monoisotopic (exact) mass is 303 g/mol. The molecule has 0 heterocycles. The van der Waals surface area contributed by atoms with Crippen molar-refractivity contribution in [3.63, 3.8) is 0 Å². The summed E-state index contributed by atoms with van der Waals surface area (Å²) in [4.78, 5) is 22.9. The normalized spacial score (nSPS) is 22.8. The molecule has 0 N–H and O–H groups in total. The number of hydrogen-bond donors (Lipinski definition) is 0. The first-order valence-electron chi connectivity index (χ1n) is 8.20. The molecular formula is C19H27O3. The fourth-order valence-electron chi connectivity index (χ4n) is 3.20. The van der Waals surface area contributed by atoms with Crippen molar-refractivity contribution in [1.82, 2.24) is 0 Å². The molecule has 1 fully saturated rings. The molecule has 1 aromatic rings. The molecule has 3 heteroatoms. The van der Waals surface area contributed by atoms with Crippen LogP contribution in [0.1, 0.15) is 61.5 Å². The Morgan fingerprint density at radius 3 is 2.59 bits per heavy atom. The topological polar surface area (TPSA) is 35.5 Å². The Morgan fingerprint density at radius 1 is 1.23 bits per heavy atom. The highest BCUT2D eigenvalue weighted by Crippen LogP contribution is 2.40. The van der Waals surface area contributed by atoms with Crippen molar-refractivity contribution < 1.29 is 14.6 Å². The minimum absolute atomic E-state index is 0.378. The molecule has 0 amide bonds. The van der Waals surface area contributed by atoms with Gasteiger partial charge in [-0.25, -0.2) is 4.79 Å². The maximum absolute atomic E-state index is 12.2. The lowest BCUT2D eigenvalue weighted by Gasteiger charge is -2.34. The summed E-state index contributed by atoms with van der Waals surface area (Å²) in [6, 6.07) is 5.68. The van der Waals surface area contributed by atoms with E-state index in [-0.39, 0.29) is 0 Å². The fraction of sp³-hybridized carbons (Fsp3) is 0.579. The minimum Gasteiger partial charge on any atom is -0.292 e. The smallest absolute Gasteiger partial charge is 0.292 e. The van der Waals surface area contributed by atoms with Crippen LogP contribution >= 0.6 is 0 Å². The summed E-state index contributed by atoms with van der Waals surface area (Å²) in [5, 5.41) is 0. The van der Waals surface area contributed by atoms with Gasteiger partial charge in [0.2, 0.25) is 0 Å². The zero-order valence-corrected chi connectivity index (χ0v) is 14.3. The Kier molecular flexibility index (Phi) is 5.63. The van der Waals surface area contributed by atoms with E-state index in [1.807, 2.05) is 26.0 Å². The van der Waals surface area contributed by atoms with Gasteiger partial charge in [0, 0.05) is 0 Å². The molecule has 0 saturated heterocycles. The van der Waals surface area contributed by atoms with E-state index in [4.69, 9.17) is 9.78 Å². The SMILES string of the molecule is Cc1ccc(C(=O)OO[C]2CC(C)CCC2C(C)C)c(C)c1. The van der Waals surface area contributed by atoms with Gasteiger partial charge in [-0.15, -0.1) is 0 Å². The lowest BCUT2D eigenvalue weighted by Crippen LogP contribution is -2.28. The lowest BCUT2D eigenvalue weighted by atomic mass is 9.75. The molecule has 1 aliphatic carbocycles. The van der Waals surface area contributed by atoms with E-state index in [0.717, 1.165) is 30.1 Å². The van der Waals surface area contributed by atoms with Crippen LogP contribution in [-0.2, 0) is 9.78 Å². The van der Waals surface area contributed by atoms with Gasteiger partial charge in [0.25, 0.3) is 0 Å². The second-order valence-electron chi connectivity index (χ2n) is 6.98. The molecule has 1 radical (unpaired) electrons. The van der Waals surface area contributed by atoms with Crippen molar-refractivity contribution in [2.45, 2.75) is 53.9 Å². The van der Waals surface area contributed by atoms with Gasteiger partial charge in [0.1, 0.15) is 0 Å². The summed E-state index contributed by atoms with van der Waals surface area (Å²) in [7, 11) is 0. The van der Waals surface area contributed by atoms with Gasteiger partial charge in [0.05, 0.1) is 5.56 Å². The van der Waals surface area contributed by atoms with Gasteiger partial charge < -0.3 is 0 Å². The first kappa shape index (κ1) is 17.0. The number of benzene rings is 1. The van der Waals surface area contributed by atoms with Crippen molar-refractivity contribution in [3.8, 4) is 0 Å². The lowest BCUT2D eigenvalue weighted by molar-refractivity contribution is -0.251. The Balaban J connectivity index is 1.99. The van der Waals surface area contributed by atoms with Crippen LogP contribution in [0.4, 0.5) is 0 Å². The van der Waals surface area contributed by atoms with Gasteiger partial charge in [-0.2, -0.15) is 4.89 Å². The zero-order chi connectivity index (χ0) is 16.3. The van der Waals surface area contributed by atoms with Crippen molar-refractivity contribution in [1.29, 1.82) is 0 Å². The van der Waals surface area contributed by atoms with Gasteiger partial charge >= 0.3 is 5.97 Å². The van der Waals surface area contributed by atoms with Gasteiger partial charge in [0.15, 0.2) is 6.10 Å². The molecule has 0 aromatic heterocycles. The molecule has 2 rings (SSSR count). The summed E-state index contributed by atoms with van der Waals surface area (Å²) in [6.07, 6.45) is 4.12. The molecule has 0 spiro atoms. The summed E-state index contributed by atoms with van der Waals surface area (Å²) < 4.78 is 0. The number of hydrogen-bond acceptors (Lipinski definition) is 3. The van der Waals surface area contributed by atoms with Crippen molar-refractivity contribution in [3.05, 3.63) is 41.0 Å². The van der Waals surface area contributed by atoms with Crippen LogP contribution in [0.5, 0.6) is 0 Å². The van der Waals surface area contributed by atoms with Crippen LogP contribution in [0.3, 0.4) is 0 Å². The zero-order valence-electron chi connectivity index (χ0n) is 14.3. The second kappa shape index (κ2) is 7.28. The highest BCUT2D eigenvalue weighted by molar-refractivity contribution is 5.90. The van der Waals surface area contributed by atoms with Crippen LogP contribution < -0.4 is 0 Å². The number of aryl methyl sites for hydroxylation is 2. The van der Waals surface area contributed by atoms with E-state index in [1.165, 1.54) is 6.42 Å². The maximum Gasteiger partial charge on any atom is 0.373 e. The van der Waals surface area contributed by atoms with E-state index in [9.17, 15) is 4.79 Å². The molecule has 3 nitrogen and oxygen atoms in total. The standard InChI is InChI=1S/C19H27O3/c1-12(2)16-8-6-14(4)11-18(16)21-22-19(20)17-9-7-13(3)10-15(17)5/h7,9-10,12,14,16H,6,8,11H2,1-5H3. The Labute approximate surface area is 133 Å². The molecular weight excluding hydrogens is 276 g/mol. The van der Waals surface area contributed by atoms with Crippen LogP contribution in [0.2, 0.25) is 0 Å². The summed E-state index contributed by atoms with van der Waals surface area (Å²) >= 11 is 0. The minimum atomic E-state index is -0.411. The average molecular weight is 303 g/mol. The second-order valence-corrected chi connectivity index (χ2v) is 6.98. The molecule has 22 heavy (non-hydrogen) atoms. The van der Waals surface area contributed by atoms with Gasteiger partial charge in [-0.05, 0) is 56.1 Å². The molecule has 121 valence electrons. The summed E-state index contributed by atoms with van der Waals surface area (Å²) in [5.74, 6) is 1.06. The van der Waals surface area contributed by atoms with E-state index >= 15 is 0 Å². The third-order valence-corrected chi connectivity index (χ3v) is 4.56. The maximum atomic E-state index is 12.2. The predicted octanol–water partition coefficient (Wildman–Crippen LogP) is 5.02. The molecule has 2 atom stereocenters. The largest absolute Gasteiger partial charge is 0.373 e. The summed E-state index contributed by atoms with van der Waals surface area (Å²) in [6.45, 7) is 10.5. The third kappa shape index (κ3) is 4.10. The quantitative estimate of drug-likeness (QED) is 0.579. The van der Waals surface area contributed by atoms with Crippen molar-refractivity contribution in [2.75, 3.05) is 0 Å². The number of rotatable bonds is 4. The molecule has 1 aliphatic rings. The number of carbonyl (C=O) groups excluding carboxylic acids is 1. The highest BCUT2D eigenvalue weighted by Gasteiger charge is 2.34. The van der Waals surface area contributed by atoms with E-state index < -0.39 is 5.97 Å². The molecule has 0 aliphatic heterocycles. The fourth-order valence-corrected chi connectivity index (χ4v) is 3.20. The van der Waals surface area contributed by atoms with E-state index in [2.05, 4.69) is 20.8 Å². The Morgan fingerprint density at radius 2 is 1.95 bits per heavy atom. The molecule has 1 saturated carbocycles. The van der Waals surface area contributed by atoms with Crippen LogP contribution in [0, 0.1) is 37.7 Å². The van der Waals surface area contributed by atoms with Crippen molar-refractivity contribution in [2.24, 2.45) is 17.8 Å². The predicted molar refractivity (Wildman–Crippen MR) is 87.0 cm³/mol. The van der Waals surface area contributed by atoms with Gasteiger partial charge in [-0.1, -0.05) is 44.9 Å². The van der Waals surface area contributed by atoms with Crippen LogP contribution in [-0.4, -0.2) is 5.97 Å². The van der Waals surface area contributed by atoms with Crippen LogP contribution in [0.15, 0.2) is 18.2 Å². The van der Waals surface area contributed by atoms with E-state index in [0.29, 0.717) is 23.3 Å². The first-order chi connectivity index (χ1) is 10.4. The number of carbonyl (C=O) groups is 1. The van der Waals surface area contributed by atoms with E-state index in [1.54, 1.807) is 6.07 Å². The summed E-state index contributed by atoms with van der Waals surface area (Å²) in [5.41, 5.74) is 2.61. The highest BCUT2D eigenvalue weighted by atomic mass is 17.2.